The van der Waals surface area contributed by atoms with Crippen molar-refractivity contribution in [3.63, 3.8) is 0 Å². The molecule has 1 saturated heterocycles. The molecule has 0 aliphatic carbocycles. The molecule has 1 atom stereocenters. The molecule has 0 saturated carbocycles. The number of aromatic hydroxyl groups is 1. The van der Waals surface area contributed by atoms with Crippen LogP contribution >= 0.6 is 0 Å². The van der Waals surface area contributed by atoms with Crippen LogP contribution in [0.25, 0.3) is 16.8 Å². The normalized spacial score (nSPS) is 18.3. The number of piperidine rings is 1. The van der Waals surface area contributed by atoms with Crippen molar-refractivity contribution in [1.82, 2.24) is 19.5 Å². The van der Waals surface area contributed by atoms with Crippen molar-refractivity contribution in [1.29, 1.82) is 0 Å². The van der Waals surface area contributed by atoms with Gasteiger partial charge in [0.05, 0.1) is 11.1 Å². The Kier molecular flexibility index (Phi) is 5.43. The highest BCUT2D eigenvalue weighted by atomic mass is 19.4. The summed E-state index contributed by atoms with van der Waals surface area (Å²) in [5, 5.41) is 21.2. The van der Waals surface area contributed by atoms with Crippen LogP contribution in [0.15, 0.2) is 30.5 Å². The average molecular weight is 459 g/mol. The maximum atomic E-state index is 13.6. The standard InChI is InChI=1S/C20H19F6N5O/c1-30-6-2-3-13(10-30)27-18-29-28-17-15(7-12(9-31(17)18)20(24,25)26)14-5-4-11(8-16(14)32)19(21,22)23/h4-5,7-9,13,32H,2-3,6,10H2,1H3,(H,27,29)/t13-/m1/s1. The predicted octanol–water partition coefficient (Wildman–Crippen LogP) is 4.65. The lowest BCUT2D eigenvalue weighted by Gasteiger charge is -2.30. The van der Waals surface area contributed by atoms with E-state index in [9.17, 15) is 31.4 Å². The van der Waals surface area contributed by atoms with Crippen molar-refractivity contribution in [2.45, 2.75) is 31.2 Å². The van der Waals surface area contributed by atoms with Crippen molar-refractivity contribution < 1.29 is 31.4 Å². The van der Waals surface area contributed by atoms with Gasteiger partial charge in [-0.2, -0.15) is 26.3 Å². The Balaban J connectivity index is 1.83. The van der Waals surface area contributed by atoms with Gasteiger partial charge in [0, 0.05) is 29.9 Å². The fourth-order valence-corrected chi connectivity index (χ4v) is 3.85. The number of fused-ring (bicyclic) bond motifs is 1. The summed E-state index contributed by atoms with van der Waals surface area (Å²) in [4.78, 5) is 2.08. The number of rotatable bonds is 3. The van der Waals surface area contributed by atoms with Gasteiger partial charge < -0.3 is 15.3 Å². The van der Waals surface area contributed by atoms with E-state index >= 15 is 0 Å². The van der Waals surface area contributed by atoms with E-state index in [1.165, 1.54) is 0 Å². The maximum Gasteiger partial charge on any atom is 0.417 e. The number of nitrogens with one attached hydrogen (secondary N) is 1. The Hall–Kier alpha value is -3.02. The number of phenolic OH excluding ortho intramolecular Hbond substituents is 1. The zero-order valence-corrected chi connectivity index (χ0v) is 16.8. The summed E-state index contributed by atoms with van der Waals surface area (Å²) in [6.07, 6.45) is -6.92. The molecule has 1 aromatic carbocycles. The van der Waals surface area contributed by atoms with Crippen LogP contribution < -0.4 is 5.32 Å². The second kappa shape index (κ2) is 7.84. The fourth-order valence-electron chi connectivity index (χ4n) is 3.85. The summed E-state index contributed by atoms with van der Waals surface area (Å²) in [6, 6.07) is 2.77. The summed E-state index contributed by atoms with van der Waals surface area (Å²) >= 11 is 0. The van der Waals surface area contributed by atoms with E-state index in [1.807, 2.05) is 7.05 Å². The minimum Gasteiger partial charge on any atom is -0.507 e. The molecule has 3 aromatic rings. The van der Waals surface area contributed by atoms with Crippen LogP contribution in [0.3, 0.4) is 0 Å². The van der Waals surface area contributed by atoms with Gasteiger partial charge in [0.25, 0.3) is 0 Å². The van der Waals surface area contributed by atoms with E-state index in [0.29, 0.717) is 18.7 Å². The molecule has 4 rings (SSSR count). The predicted molar refractivity (Wildman–Crippen MR) is 104 cm³/mol. The van der Waals surface area contributed by atoms with Crippen molar-refractivity contribution >= 4 is 11.6 Å². The molecule has 0 amide bonds. The Morgan fingerprint density at radius 2 is 1.72 bits per heavy atom. The Bertz CT molecular complexity index is 1140. The van der Waals surface area contributed by atoms with Gasteiger partial charge in [0.15, 0.2) is 5.65 Å². The highest BCUT2D eigenvalue weighted by Gasteiger charge is 2.34. The Morgan fingerprint density at radius 3 is 2.34 bits per heavy atom. The number of benzene rings is 1. The Labute approximate surface area is 178 Å². The third-order valence-corrected chi connectivity index (χ3v) is 5.41. The first-order valence-corrected chi connectivity index (χ1v) is 9.75. The van der Waals surface area contributed by atoms with Crippen LogP contribution in [-0.2, 0) is 12.4 Å². The van der Waals surface area contributed by atoms with Gasteiger partial charge in [-0.15, -0.1) is 10.2 Å². The molecule has 2 N–H and O–H groups in total. The number of anilines is 1. The molecule has 0 radical (unpaired) electrons. The second-order valence-corrected chi connectivity index (χ2v) is 7.83. The summed E-state index contributed by atoms with van der Waals surface area (Å²) < 4.78 is 80.7. The largest absolute Gasteiger partial charge is 0.507 e. The van der Waals surface area contributed by atoms with Crippen molar-refractivity contribution in [3.05, 3.63) is 41.6 Å². The number of hydrogen-bond acceptors (Lipinski definition) is 5. The molecule has 1 aliphatic rings. The first-order chi connectivity index (χ1) is 14.9. The minimum absolute atomic E-state index is 0.0280. The Morgan fingerprint density at radius 1 is 1.00 bits per heavy atom. The first-order valence-electron chi connectivity index (χ1n) is 9.75. The summed E-state index contributed by atoms with van der Waals surface area (Å²) in [7, 11) is 1.93. The zero-order valence-electron chi connectivity index (χ0n) is 16.8. The molecule has 172 valence electrons. The quantitative estimate of drug-likeness (QED) is 0.559. The van der Waals surface area contributed by atoms with Crippen molar-refractivity contribution in [2.24, 2.45) is 0 Å². The van der Waals surface area contributed by atoms with Crippen LogP contribution in [0.5, 0.6) is 5.75 Å². The van der Waals surface area contributed by atoms with E-state index in [-0.39, 0.29) is 28.8 Å². The molecular weight excluding hydrogens is 440 g/mol. The molecule has 1 fully saturated rings. The SMILES string of the molecule is CN1CCC[C@@H](Nc2nnc3c(-c4ccc(C(F)(F)F)cc4O)cc(C(F)(F)F)cn23)C1. The highest BCUT2D eigenvalue weighted by molar-refractivity contribution is 5.82. The fraction of sp³-hybridized carbons (Fsp3) is 0.400. The number of likely N-dealkylation sites (N-methyl/N-ethyl adjacent to an activating group) is 1. The summed E-state index contributed by atoms with van der Waals surface area (Å²) in [5.41, 5.74) is -2.60. The van der Waals surface area contributed by atoms with Gasteiger partial charge in [-0.25, -0.2) is 0 Å². The highest BCUT2D eigenvalue weighted by Crippen LogP contribution is 2.40. The third-order valence-electron chi connectivity index (χ3n) is 5.41. The number of likely N-dealkylation sites (tertiary alicyclic amines) is 1. The lowest BCUT2D eigenvalue weighted by molar-refractivity contribution is -0.138. The van der Waals surface area contributed by atoms with Gasteiger partial charge in [-0.1, -0.05) is 0 Å². The molecule has 2 aromatic heterocycles. The minimum atomic E-state index is -4.74. The number of hydrogen-bond donors (Lipinski definition) is 2. The molecule has 12 heteroatoms. The average Bonchev–Trinajstić information content (AvgIpc) is 3.09. The molecule has 1 aliphatic heterocycles. The number of phenols is 1. The number of aromatic nitrogens is 3. The third kappa shape index (κ3) is 4.31. The molecule has 3 heterocycles. The topological polar surface area (TPSA) is 65.7 Å². The lowest BCUT2D eigenvalue weighted by Crippen LogP contribution is -2.40. The number of nitrogens with zero attached hydrogens (tertiary/aromatic N) is 4. The van der Waals surface area contributed by atoms with Gasteiger partial charge in [0.2, 0.25) is 5.95 Å². The van der Waals surface area contributed by atoms with E-state index in [2.05, 4.69) is 20.4 Å². The van der Waals surface area contributed by atoms with Gasteiger partial charge >= 0.3 is 12.4 Å². The molecule has 0 unspecified atom stereocenters. The molecule has 0 spiro atoms. The molecule has 0 bridgehead atoms. The molecule has 6 nitrogen and oxygen atoms in total. The molecule has 32 heavy (non-hydrogen) atoms. The van der Waals surface area contributed by atoms with Crippen LogP contribution in [0, 0.1) is 0 Å². The van der Waals surface area contributed by atoms with Gasteiger partial charge in [-0.05, 0) is 50.7 Å². The zero-order chi connectivity index (χ0) is 23.3. The monoisotopic (exact) mass is 459 g/mol. The van der Waals surface area contributed by atoms with Crippen LogP contribution in [-0.4, -0.2) is 50.8 Å². The first kappa shape index (κ1) is 22.2. The van der Waals surface area contributed by atoms with E-state index in [4.69, 9.17) is 0 Å². The second-order valence-electron chi connectivity index (χ2n) is 7.83. The number of halogens is 6. The van der Waals surface area contributed by atoms with Crippen LogP contribution in [0.4, 0.5) is 32.3 Å². The van der Waals surface area contributed by atoms with Crippen LogP contribution in [0.1, 0.15) is 24.0 Å². The molecular formula is C20H19F6N5O. The number of alkyl halides is 6. The summed E-state index contributed by atoms with van der Waals surface area (Å²) in [6.45, 7) is 1.58. The van der Waals surface area contributed by atoms with E-state index in [0.717, 1.165) is 42.1 Å². The van der Waals surface area contributed by atoms with E-state index < -0.39 is 29.2 Å². The van der Waals surface area contributed by atoms with Gasteiger partial charge in [0.1, 0.15) is 5.75 Å². The van der Waals surface area contributed by atoms with Gasteiger partial charge in [-0.3, -0.25) is 4.40 Å². The van der Waals surface area contributed by atoms with Crippen molar-refractivity contribution in [2.75, 3.05) is 25.5 Å². The summed E-state index contributed by atoms with van der Waals surface area (Å²) in [5.74, 6) is -0.730. The lowest BCUT2D eigenvalue weighted by atomic mass is 10.0. The number of pyridine rings is 1. The van der Waals surface area contributed by atoms with Crippen molar-refractivity contribution in [3.8, 4) is 16.9 Å². The maximum absolute atomic E-state index is 13.6. The smallest absolute Gasteiger partial charge is 0.417 e. The van der Waals surface area contributed by atoms with Crippen LogP contribution in [0.2, 0.25) is 0 Å². The van der Waals surface area contributed by atoms with E-state index in [1.54, 1.807) is 0 Å².